The molecule has 2 nitrogen and oxygen atoms in total. The molecule has 82 valence electrons. The smallest absolute Gasteiger partial charge is 0.149 e. The topological polar surface area (TPSA) is 32.3 Å². The number of aliphatic hydroxyl groups excluding tert-OH is 1. The lowest BCUT2D eigenvalue weighted by atomic mass is 10.2. The molecule has 4 heteroatoms. The number of anilines is 1. The van der Waals surface area contributed by atoms with Crippen molar-refractivity contribution in [3.63, 3.8) is 0 Å². The predicted octanol–water partition coefficient (Wildman–Crippen LogP) is 2.29. The SMILES string of the molecule is OC1CCCC1Nc1c(F)cccc1F. The summed E-state index contributed by atoms with van der Waals surface area (Å²) in [7, 11) is 0. The molecule has 0 aliphatic heterocycles. The summed E-state index contributed by atoms with van der Waals surface area (Å²) in [6, 6.07) is 3.48. The molecule has 2 N–H and O–H groups in total. The van der Waals surface area contributed by atoms with Crippen molar-refractivity contribution in [2.24, 2.45) is 0 Å². The summed E-state index contributed by atoms with van der Waals surface area (Å²) >= 11 is 0. The third kappa shape index (κ3) is 2.09. The largest absolute Gasteiger partial charge is 0.391 e. The van der Waals surface area contributed by atoms with E-state index >= 15 is 0 Å². The van der Waals surface area contributed by atoms with E-state index in [1.165, 1.54) is 18.2 Å². The fourth-order valence-electron chi connectivity index (χ4n) is 1.93. The zero-order valence-electron chi connectivity index (χ0n) is 8.21. The molecular weight excluding hydrogens is 200 g/mol. The van der Waals surface area contributed by atoms with E-state index in [2.05, 4.69) is 5.32 Å². The van der Waals surface area contributed by atoms with E-state index in [9.17, 15) is 13.9 Å². The van der Waals surface area contributed by atoms with Gasteiger partial charge in [-0.1, -0.05) is 6.07 Å². The molecule has 1 aliphatic rings. The highest BCUT2D eigenvalue weighted by Crippen LogP contribution is 2.26. The second-order valence-corrected chi connectivity index (χ2v) is 3.85. The highest BCUT2D eigenvalue weighted by Gasteiger charge is 2.26. The summed E-state index contributed by atoms with van der Waals surface area (Å²) in [5, 5.41) is 12.3. The third-order valence-corrected chi connectivity index (χ3v) is 2.77. The van der Waals surface area contributed by atoms with Gasteiger partial charge in [-0.25, -0.2) is 8.78 Å². The van der Waals surface area contributed by atoms with E-state index in [0.717, 1.165) is 12.8 Å². The first-order valence-electron chi connectivity index (χ1n) is 5.07. The number of rotatable bonds is 2. The number of hydrogen-bond donors (Lipinski definition) is 2. The van der Waals surface area contributed by atoms with Crippen molar-refractivity contribution in [2.45, 2.75) is 31.4 Å². The minimum Gasteiger partial charge on any atom is -0.391 e. The van der Waals surface area contributed by atoms with Crippen LogP contribution in [0.5, 0.6) is 0 Å². The Balaban J connectivity index is 2.16. The van der Waals surface area contributed by atoms with Crippen LogP contribution < -0.4 is 5.32 Å². The minimum atomic E-state index is -0.617. The number of nitrogens with one attached hydrogen (secondary N) is 1. The minimum absolute atomic E-state index is 0.136. The standard InChI is InChI=1S/C11H13F2NO/c12-7-3-1-4-8(13)11(7)14-9-5-2-6-10(9)15/h1,3-4,9-10,14-15H,2,5-6H2. The van der Waals surface area contributed by atoms with Gasteiger partial charge < -0.3 is 10.4 Å². The fraction of sp³-hybridized carbons (Fsp3) is 0.455. The van der Waals surface area contributed by atoms with E-state index in [-0.39, 0.29) is 11.7 Å². The van der Waals surface area contributed by atoms with Gasteiger partial charge in [0, 0.05) is 0 Å². The Morgan fingerprint density at radius 1 is 1.20 bits per heavy atom. The Bertz CT molecular complexity index is 336. The first-order chi connectivity index (χ1) is 7.18. The molecule has 0 saturated heterocycles. The Labute approximate surface area is 86.9 Å². The van der Waals surface area contributed by atoms with Gasteiger partial charge in [0.05, 0.1) is 12.1 Å². The number of para-hydroxylation sites is 1. The second kappa shape index (κ2) is 4.14. The van der Waals surface area contributed by atoms with Crippen LogP contribution >= 0.6 is 0 Å². The molecule has 2 unspecified atom stereocenters. The lowest BCUT2D eigenvalue weighted by Gasteiger charge is -2.18. The average molecular weight is 213 g/mol. The number of benzene rings is 1. The van der Waals surface area contributed by atoms with E-state index in [4.69, 9.17) is 0 Å². The maximum atomic E-state index is 13.2. The first-order valence-corrected chi connectivity index (χ1v) is 5.07. The van der Waals surface area contributed by atoms with Crippen LogP contribution in [0.2, 0.25) is 0 Å². The van der Waals surface area contributed by atoms with E-state index in [1.807, 2.05) is 0 Å². The molecule has 15 heavy (non-hydrogen) atoms. The molecule has 0 spiro atoms. The maximum Gasteiger partial charge on any atom is 0.149 e. The molecule has 0 amide bonds. The summed E-state index contributed by atoms with van der Waals surface area (Å²) in [6.07, 6.45) is 1.81. The molecule has 0 heterocycles. The average Bonchev–Trinajstić information content (AvgIpc) is 2.58. The van der Waals surface area contributed by atoms with Crippen molar-refractivity contribution in [1.82, 2.24) is 0 Å². The van der Waals surface area contributed by atoms with Gasteiger partial charge >= 0.3 is 0 Å². The van der Waals surface area contributed by atoms with Crippen LogP contribution in [0.3, 0.4) is 0 Å². The molecule has 2 rings (SSSR count). The zero-order valence-corrected chi connectivity index (χ0v) is 8.21. The molecule has 1 aromatic carbocycles. The van der Waals surface area contributed by atoms with Crippen molar-refractivity contribution < 1.29 is 13.9 Å². The summed E-state index contributed by atoms with van der Waals surface area (Å²) in [4.78, 5) is 0. The Hall–Kier alpha value is -1.16. The van der Waals surface area contributed by atoms with Crippen LogP contribution in [0.15, 0.2) is 18.2 Å². The number of aliphatic hydroxyl groups is 1. The number of hydrogen-bond acceptors (Lipinski definition) is 2. The molecule has 0 aromatic heterocycles. The Morgan fingerprint density at radius 2 is 1.87 bits per heavy atom. The van der Waals surface area contributed by atoms with Gasteiger partial charge in [0.2, 0.25) is 0 Å². The Morgan fingerprint density at radius 3 is 2.40 bits per heavy atom. The van der Waals surface area contributed by atoms with Gasteiger partial charge in [0.15, 0.2) is 0 Å². The lowest BCUT2D eigenvalue weighted by Crippen LogP contribution is -2.28. The van der Waals surface area contributed by atoms with Crippen LogP contribution in [0.25, 0.3) is 0 Å². The fourth-order valence-corrected chi connectivity index (χ4v) is 1.93. The van der Waals surface area contributed by atoms with Gasteiger partial charge in [-0.15, -0.1) is 0 Å². The molecule has 1 fully saturated rings. The van der Waals surface area contributed by atoms with E-state index in [0.29, 0.717) is 6.42 Å². The molecular formula is C11H13F2NO. The highest BCUT2D eigenvalue weighted by atomic mass is 19.1. The van der Waals surface area contributed by atoms with Crippen molar-refractivity contribution in [3.05, 3.63) is 29.8 Å². The van der Waals surface area contributed by atoms with Gasteiger partial charge in [-0.05, 0) is 31.4 Å². The van der Waals surface area contributed by atoms with Gasteiger partial charge in [-0.2, -0.15) is 0 Å². The van der Waals surface area contributed by atoms with Crippen molar-refractivity contribution in [3.8, 4) is 0 Å². The Kier molecular flexibility index (Phi) is 2.86. The molecule has 1 aliphatic carbocycles. The van der Waals surface area contributed by atoms with Crippen LogP contribution in [0.1, 0.15) is 19.3 Å². The lowest BCUT2D eigenvalue weighted by molar-refractivity contribution is 0.171. The van der Waals surface area contributed by atoms with Crippen LogP contribution in [0.4, 0.5) is 14.5 Å². The van der Waals surface area contributed by atoms with Crippen molar-refractivity contribution in [1.29, 1.82) is 0 Å². The van der Waals surface area contributed by atoms with Crippen molar-refractivity contribution >= 4 is 5.69 Å². The molecule has 0 bridgehead atoms. The summed E-state index contributed by atoms with van der Waals surface area (Å²) in [6.45, 7) is 0. The maximum absolute atomic E-state index is 13.2. The van der Waals surface area contributed by atoms with Crippen molar-refractivity contribution in [2.75, 3.05) is 5.32 Å². The third-order valence-electron chi connectivity index (χ3n) is 2.77. The summed E-state index contributed by atoms with van der Waals surface area (Å²) < 4.78 is 26.5. The van der Waals surface area contributed by atoms with Crippen LogP contribution in [0, 0.1) is 11.6 Å². The second-order valence-electron chi connectivity index (χ2n) is 3.85. The van der Waals surface area contributed by atoms with E-state index < -0.39 is 17.7 Å². The molecule has 1 aromatic rings. The zero-order chi connectivity index (χ0) is 10.8. The molecule has 1 saturated carbocycles. The number of halogens is 2. The summed E-state index contributed by atoms with van der Waals surface area (Å²) in [5.41, 5.74) is -0.136. The van der Waals surface area contributed by atoms with Gasteiger partial charge in [0.1, 0.15) is 17.3 Å². The van der Waals surface area contributed by atoms with Gasteiger partial charge in [0.25, 0.3) is 0 Å². The normalized spacial score (nSPS) is 25.5. The quantitative estimate of drug-likeness (QED) is 0.790. The van der Waals surface area contributed by atoms with Crippen LogP contribution in [-0.2, 0) is 0 Å². The van der Waals surface area contributed by atoms with Crippen LogP contribution in [-0.4, -0.2) is 17.3 Å². The van der Waals surface area contributed by atoms with E-state index in [1.54, 1.807) is 0 Å². The molecule has 0 radical (unpaired) electrons. The first kappa shape index (κ1) is 10.4. The highest BCUT2D eigenvalue weighted by molar-refractivity contribution is 5.47. The molecule has 2 atom stereocenters. The van der Waals surface area contributed by atoms with Gasteiger partial charge in [-0.3, -0.25) is 0 Å². The summed E-state index contributed by atoms with van der Waals surface area (Å²) in [5.74, 6) is -1.23. The monoisotopic (exact) mass is 213 g/mol. The predicted molar refractivity (Wildman–Crippen MR) is 53.6 cm³/mol.